The molecule has 19 heavy (non-hydrogen) atoms. The fourth-order valence-corrected chi connectivity index (χ4v) is 2.36. The van der Waals surface area contributed by atoms with Gasteiger partial charge in [-0.25, -0.2) is 4.98 Å². The average Bonchev–Trinajstić information content (AvgIpc) is 2.95. The van der Waals surface area contributed by atoms with E-state index in [1.807, 2.05) is 32.0 Å². The lowest BCUT2D eigenvalue weighted by Crippen LogP contribution is -2.05. The predicted octanol–water partition coefficient (Wildman–Crippen LogP) is 3.68. The molecule has 1 unspecified atom stereocenters. The normalized spacial score (nSPS) is 13.0. The van der Waals surface area contributed by atoms with E-state index in [9.17, 15) is 0 Å². The lowest BCUT2D eigenvalue weighted by atomic mass is 10.3. The Morgan fingerprint density at radius 1 is 1.37 bits per heavy atom. The average molecular weight is 276 g/mol. The lowest BCUT2D eigenvalue weighted by Gasteiger charge is -2.08. The first kappa shape index (κ1) is 12.2. The summed E-state index contributed by atoms with van der Waals surface area (Å²) >= 11 is 6.22. The maximum atomic E-state index is 6.22. The summed E-state index contributed by atoms with van der Waals surface area (Å²) in [6, 6.07) is 5.88. The van der Waals surface area contributed by atoms with E-state index in [1.54, 1.807) is 12.4 Å². The highest BCUT2D eigenvalue weighted by Crippen LogP contribution is 2.25. The van der Waals surface area contributed by atoms with Crippen LogP contribution in [0.3, 0.4) is 0 Å². The van der Waals surface area contributed by atoms with Gasteiger partial charge in [0, 0.05) is 6.20 Å². The number of halogens is 1. The highest BCUT2D eigenvalue weighted by molar-refractivity contribution is 6.20. The van der Waals surface area contributed by atoms with Gasteiger partial charge in [0.25, 0.3) is 0 Å². The van der Waals surface area contributed by atoms with Crippen LogP contribution >= 0.6 is 11.6 Å². The Hall–Kier alpha value is -1.81. The van der Waals surface area contributed by atoms with E-state index in [-0.39, 0.29) is 5.38 Å². The van der Waals surface area contributed by atoms with E-state index in [0.717, 1.165) is 28.4 Å². The van der Waals surface area contributed by atoms with Gasteiger partial charge in [0.15, 0.2) is 0 Å². The predicted molar refractivity (Wildman–Crippen MR) is 74.3 cm³/mol. The number of fused-ring (bicyclic) bond motifs is 1. The van der Waals surface area contributed by atoms with Crippen LogP contribution in [0.15, 0.2) is 35.0 Å². The standard InChI is InChI=1S/C14H14ClN3O/c1-9-3-4-11(19-9)8-18-13-5-6-16-7-12(13)17-14(18)10(2)15/h3-7,10H,8H2,1-2H3. The van der Waals surface area contributed by atoms with Gasteiger partial charge in [-0.05, 0) is 32.0 Å². The number of imidazole rings is 1. The Bertz CT molecular complexity index is 714. The van der Waals surface area contributed by atoms with Gasteiger partial charge in [-0.1, -0.05) is 0 Å². The highest BCUT2D eigenvalue weighted by atomic mass is 35.5. The molecule has 3 rings (SSSR count). The molecular weight excluding hydrogens is 262 g/mol. The molecule has 4 nitrogen and oxygen atoms in total. The molecule has 0 bridgehead atoms. The SMILES string of the molecule is Cc1ccc(Cn2c(C(C)Cl)nc3cnccc32)o1. The van der Waals surface area contributed by atoms with Gasteiger partial charge in [-0.15, -0.1) is 11.6 Å². The Morgan fingerprint density at radius 2 is 2.21 bits per heavy atom. The van der Waals surface area contributed by atoms with Gasteiger partial charge < -0.3 is 8.98 Å². The zero-order valence-electron chi connectivity index (χ0n) is 10.8. The minimum absolute atomic E-state index is 0.163. The van der Waals surface area contributed by atoms with Crippen molar-refractivity contribution in [2.24, 2.45) is 0 Å². The maximum absolute atomic E-state index is 6.22. The fraction of sp³-hybridized carbons (Fsp3) is 0.286. The van der Waals surface area contributed by atoms with Crippen LogP contribution in [-0.2, 0) is 6.54 Å². The van der Waals surface area contributed by atoms with E-state index in [1.165, 1.54) is 0 Å². The van der Waals surface area contributed by atoms with Crippen molar-refractivity contribution >= 4 is 22.6 Å². The van der Waals surface area contributed by atoms with Crippen LogP contribution in [-0.4, -0.2) is 14.5 Å². The molecule has 0 saturated carbocycles. The number of aromatic nitrogens is 3. The third-order valence-electron chi connectivity index (χ3n) is 3.05. The van der Waals surface area contributed by atoms with Crippen LogP contribution in [0.25, 0.3) is 11.0 Å². The van der Waals surface area contributed by atoms with Crippen LogP contribution in [0.4, 0.5) is 0 Å². The Labute approximate surface area is 116 Å². The zero-order valence-corrected chi connectivity index (χ0v) is 11.6. The summed E-state index contributed by atoms with van der Waals surface area (Å²) in [7, 11) is 0. The van der Waals surface area contributed by atoms with Crippen LogP contribution in [0.1, 0.15) is 29.6 Å². The summed E-state index contributed by atoms with van der Waals surface area (Å²) in [6.45, 7) is 4.48. The van der Waals surface area contributed by atoms with Gasteiger partial charge in [0.2, 0.25) is 0 Å². The molecule has 0 aliphatic heterocycles. The van der Waals surface area contributed by atoms with Crippen molar-refractivity contribution < 1.29 is 4.42 Å². The number of aryl methyl sites for hydroxylation is 1. The van der Waals surface area contributed by atoms with Crippen molar-refractivity contribution in [2.75, 3.05) is 0 Å². The topological polar surface area (TPSA) is 43.9 Å². The molecule has 5 heteroatoms. The second kappa shape index (κ2) is 4.70. The van der Waals surface area contributed by atoms with Crippen LogP contribution in [0, 0.1) is 6.92 Å². The quantitative estimate of drug-likeness (QED) is 0.685. The largest absolute Gasteiger partial charge is 0.464 e. The van der Waals surface area contributed by atoms with Crippen molar-refractivity contribution in [2.45, 2.75) is 25.8 Å². The smallest absolute Gasteiger partial charge is 0.128 e. The summed E-state index contributed by atoms with van der Waals surface area (Å²) in [4.78, 5) is 8.64. The first-order valence-corrected chi connectivity index (χ1v) is 6.58. The molecule has 0 amide bonds. The third kappa shape index (κ3) is 2.24. The minimum Gasteiger partial charge on any atom is -0.464 e. The molecule has 0 N–H and O–H groups in total. The van der Waals surface area contributed by atoms with Gasteiger partial charge in [0.05, 0.1) is 23.6 Å². The molecule has 0 aromatic carbocycles. The molecule has 0 fully saturated rings. The molecule has 0 aliphatic carbocycles. The summed E-state index contributed by atoms with van der Waals surface area (Å²) in [5, 5.41) is -0.163. The number of nitrogens with zero attached hydrogens (tertiary/aromatic N) is 3. The van der Waals surface area contributed by atoms with Gasteiger partial charge in [-0.2, -0.15) is 0 Å². The van der Waals surface area contributed by atoms with E-state index >= 15 is 0 Å². The van der Waals surface area contributed by atoms with Gasteiger partial charge in [0.1, 0.15) is 22.9 Å². The first-order valence-electron chi connectivity index (χ1n) is 6.14. The molecule has 3 heterocycles. The Morgan fingerprint density at radius 3 is 2.89 bits per heavy atom. The van der Waals surface area contributed by atoms with Crippen molar-refractivity contribution in [3.05, 3.63) is 47.9 Å². The first-order chi connectivity index (χ1) is 9.15. The van der Waals surface area contributed by atoms with Crippen molar-refractivity contribution in [1.29, 1.82) is 0 Å². The van der Waals surface area contributed by atoms with E-state index in [2.05, 4.69) is 14.5 Å². The number of hydrogen-bond acceptors (Lipinski definition) is 3. The molecule has 0 spiro atoms. The summed E-state index contributed by atoms with van der Waals surface area (Å²) in [5.74, 6) is 2.63. The molecule has 98 valence electrons. The number of rotatable bonds is 3. The van der Waals surface area contributed by atoms with Gasteiger partial charge in [-0.3, -0.25) is 4.98 Å². The number of hydrogen-bond donors (Lipinski definition) is 0. The summed E-state index contributed by atoms with van der Waals surface area (Å²) in [5.41, 5.74) is 1.87. The van der Waals surface area contributed by atoms with Crippen molar-refractivity contribution in [3.63, 3.8) is 0 Å². The van der Waals surface area contributed by atoms with Crippen molar-refractivity contribution in [3.8, 4) is 0 Å². The highest BCUT2D eigenvalue weighted by Gasteiger charge is 2.16. The van der Waals surface area contributed by atoms with Crippen LogP contribution < -0.4 is 0 Å². The molecule has 3 aromatic rings. The monoisotopic (exact) mass is 275 g/mol. The second-order valence-corrected chi connectivity index (χ2v) is 5.20. The lowest BCUT2D eigenvalue weighted by molar-refractivity contribution is 0.469. The van der Waals surface area contributed by atoms with Crippen LogP contribution in [0.5, 0.6) is 0 Å². The minimum atomic E-state index is -0.163. The second-order valence-electron chi connectivity index (χ2n) is 4.55. The fourth-order valence-electron chi connectivity index (χ4n) is 2.20. The van der Waals surface area contributed by atoms with E-state index in [4.69, 9.17) is 16.0 Å². The summed E-state index contributed by atoms with van der Waals surface area (Å²) in [6.07, 6.45) is 3.51. The van der Waals surface area contributed by atoms with Gasteiger partial charge >= 0.3 is 0 Å². The Kier molecular flexibility index (Phi) is 3.03. The zero-order chi connectivity index (χ0) is 13.4. The van der Waals surface area contributed by atoms with Crippen molar-refractivity contribution in [1.82, 2.24) is 14.5 Å². The van der Waals surface area contributed by atoms with Crippen LogP contribution in [0.2, 0.25) is 0 Å². The number of alkyl halides is 1. The van der Waals surface area contributed by atoms with E-state index in [0.29, 0.717) is 6.54 Å². The molecular formula is C14H14ClN3O. The molecule has 0 aliphatic rings. The van der Waals surface area contributed by atoms with E-state index < -0.39 is 0 Å². The number of pyridine rings is 1. The Balaban J connectivity index is 2.12. The number of furan rings is 1. The molecule has 3 aromatic heterocycles. The third-order valence-corrected chi connectivity index (χ3v) is 3.24. The molecule has 1 atom stereocenters. The molecule has 0 saturated heterocycles. The summed E-state index contributed by atoms with van der Waals surface area (Å²) < 4.78 is 7.71. The maximum Gasteiger partial charge on any atom is 0.128 e. The molecule has 0 radical (unpaired) electrons.